The topological polar surface area (TPSA) is 84.5 Å². The van der Waals surface area contributed by atoms with E-state index in [1.165, 1.54) is 25.3 Å². The van der Waals surface area contributed by atoms with Gasteiger partial charge in [0.2, 0.25) is 0 Å². The van der Waals surface area contributed by atoms with Crippen molar-refractivity contribution < 1.29 is 17.9 Å². The Morgan fingerprint density at radius 3 is 2.28 bits per heavy atom. The van der Waals surface area contributed by atoms with Gasteiger partial charge in [-0.05, 0) is 55.8 Å². The van der Waals surface area contributed by atoms with Gasteiger partial charge in [0, 0.05) is 11.3 Å². The summed E-state index contributed by atoms with van der Waals surface area (Å²) in [5.41, 5.74) is 3.07. The zero-order valence-corrected chi connectivity index (χ0v) is 17.2. The fourth-order valence-corrected chi connectivity index (χ4v) is 3.89. The molecule has 0 aromatic heterocycles. The minimum absolute atomic E-state index is 0.0129. The van der Waals surface area contributed by atoms with Gasteiger partial charge in [-0.1, -0.05) is 35.9 Å². The molecule has 29 heavy (non-hydrogen) atoms. The molecule has 6 nitrogen and oxygen atoms in total. The van der Waals surface area contributed by atoms with Crippen LogP contribution in [0.25, 0.3) is 0 Å². The number of hydrogen-bond acceptors (Lipinski definition) is 4. The molecule has 0 saturated heterocycles. The molecule has 0 saturated carbocycles. The average Bonchev–Trinajstić information content (AvgIpc) is 2.70. The quantitative estimate of drug-likeness (QED) is 0.632. The molecule has 2 N–H and O–H groups in total. The van der Waals surface area contributed by atoms with Gasteiger partial charge in [0.15, 0.2) is 0 Å². The lowest BCUT2D eigenvalue weighted by Gasteiger charge is -2.14. The van der Waals surface area contributed by atoms with Crippen molar-refractivity contribution in [2.45, 2.75) is 18.7 Å². The molecule has 3 aromatic carbocycles. The highest BCUT2D eigenvalue weighted by Crippen LogP contribution is 2.29. The fraction of sp³-hybridized carbons (Fsp3) is 0.136. The molecular formula is C22H22N2O4S. The van der Waals surface area contributed by atoms with Gasteiger partial charge < -0.3 is 10.1 Å². The molecule has 7 heteroatoms. The second-order valence-electron chi connectivity index (χ2n) is 6.60. The van der Waals surface area contributed by atoms with Crippen molar-refractivity contribution in [1.29, 1.82) is 0 Å². The number of ether oxygens (including phenoxy) is 1. The van der Waals surface area contributed by atoms with Gasteiger partial charge in [-0.25, -0.2) is 8.42 Å². The Morgan fingerprint density at radius 2 is 1.62 bits per heavy atom. The van der Waals surface area contributed by atoms with E-state index in [0.717, 1.165) is 11.1 Å². The summed E-state index contributed by atoms with van der Waals surface area (Å²) in [5, 5.41) is 2.75. The van der Waals surface area contributed by atoms with Gasteiger partial charge in [-0.15, -0.1) is 0 Å². The van der Waals surface area contributed by atoms with E-state index in [9.17, 15) is 13.2 Å². The van der Waals surface area contributed by atoms with E-state index in [4.69, 9.17) is 4.74 Å². The Morgan fingerprint density at radius 1 is 0.931 bits per heavy atom. The van der Waals surface area contributed by atoms with Crippen molar-refractivity contribution in [2.24, 2.45) is 0 Å². The highest BCUT2D eigenvalue weighted by molar-refractivity contribution is 7.92. The molecule has 0 unspecified atom stereocenters. The Bertz CT molecular complexity index is 1140. The van der Waals surface area contributed by atoms with Crippen LogP contribution in [0.3, 0.4) is 0 Å². The number of benzene rings is 3. The monoisotopic (exact) mass is 410 g/mol. The summed E-state index contributed by atoms with van der Waals surface area (Å²) in [7, 11) is -2.38. The first kappa shape index (κ1) is 20.4. The van der Waals surface area contributed by atoms with Gasteiger partial charge in [0.25, 0.3) is 15.9 Å². The predicted octanol–water partition coefficient (Wildman–Crippen LogP) is 4.37. The number of carbonyl (C=O) groups excluding carboxylic acids is 1. The Labute approximate surface area is 170 Å². The lowest BCUT2D eigenvalue weighted by atomic mass is 10.1. The minimum Gasteiger partial charge on any atom is -0.495 e. The highest BCUT2D eigenvalue weighted by Gasteiger charge is 2.18. The molecule has 0 heterocycles. The molecule has 0 aliphatic rings. The molecule has 0 fully saturated rings. The normalized spacial score (nSPS) is 11.0. The number of carbonyl (C=O) groups is 1. The van der Waals surface area contributed by atoms with Crippen molar-refractivity contribution in [2.75, 3.05) is 17.1 Å². The summed E-state index contributed by atoms with van der Waals surface area (Å²) in [6.45, 7) is 3.75. The minimum atomic E-state index is -3.84. The summed E-state index contributed by atoms with van der Waals surface area (Å²) in [5.74, 6) is 0.0173. The Hall–Kier alpha value is -3.32. The van der Waals surface area contributed by atoms with Crippen LogP contribution in [0.2, 0.25) is 0 Å². The van der Waals surface area contributed by atoms with Crippen LogP contribution in [0.5, 0.6) is 5.75 Å². The smallest absolute Gasteiger partial charge is 0.261 e. The summed E-state index contributed by atoms with van der Waals surface area (Å²) in [4.78, 5) is 12.7. The lowest BCUT2D eigenvalue weighted by molar-refractivity contribution is 0.102. The van der Waals surface area contributed by atoms with Crippen molar-refractivity contribution in [3.63, 3.8) is 0 Å². The first-order chi connectivity index (χ1) is 13.8. The van der Waals surface area contributed by atoms with E-state index in [1.54, 1.807) is 24.3 Å². The van der Waals surface area contributed by atoms with Crippen LogP contribution >= 0.6 is 0 Å². The zero-order valence-electron chi connectivity index (χ0n) is 16.4. The van der Waals surface area contributed by atoms with Crippen LogP contribution in [0.4, 0.5) is 11.4 Å². The number of sulfonamides is 1. The van der Waals surface area contributed by atoms with Gasteiger partial charge in [-0.3, -0.25) is 9.52 Å². The van der Waals surface area contributed by atoms with Crippen molar-refractivity contribution in [3.05, 3.63) is 83.4 Å². The van der Waals surface area contributed by atoms with Crippen LogP contribution in [-0.4, -0.2) is 21.4 Å². The number of nitrogens with one attached hydrogen (secondary N) is 2. The third-order valence-corrected chi connectivity index (χ3v) is 5.80. The molecule has 0 atom stereocenters. The van der Waals surface area contributed by atoms with Crippen LogP contribution in [0, 0.1) is 13.8 Å². The maximum absolute atomic E-state index is 12.8. The van der Waals surface area contributed by atoms with Gasteiger partial charge in [0.05, 0.1) is 17.7 Å². The maximum Gasteiger partial charge on any atom is 0.261 e. The van der Waals surface area contributed by atoms with Crippen molar-refractivity contribution in [1.82, 2.24) is 0 Å². The molecule has 0 bridgehead atoms. The van der Waals surface area contributed by atoms with E-state index in [1.807, 2.05) is 38.1 Å². The number of anilines is 2. The first-order valence-electron chi connectivity index (χ1n) is 8.94. The van der Waals surface area contributed by atoms with Crippen LogP contribution < -0.4 is 14.8 Å². The SMILES string of the molecule is COc1ccc(S(=O)(=O)Nc2ccc(C)cc2)cc1NC(=O)c1ccccc1C. The van der Waals surface area contributed by atoms with Gasteiger partial charge in [0.1, 0.15) is 5.75 Å². The van der Waals surface area contributed by atoms with E-state index >= 15 is 0 Å². The lowest BCUT2D eigenvalue weighted by Crippen LogP contribution is -2.16. The number of amides is 1. The number of rotatable bonds is 6. The summed E-state index contributed by atoms with van der Waals surface area (Å²) < 4.78 is 33.4. The van der Waals surface area contributed by atoms with Crippen molar-refractivity contribution >= 4 is 27.3 Å². The molecule has 150 valence electrons. The molecule has 0 radical (unpaired) electrons. The average molecular weight is 410 g/mol. The maximum atomic E-state index is 12.8. The third-order valence-electron chi connectivity index (χ3n) is 4.42. The second kappa shape index (κ2) is 8.36. The molecule has 3 aromatic rings. The van der Waals surface area contributed by atoms with E-state index in [-0.39, 0.29) is 16.5 Å². The standard InChI is InChI=1S/C22H22N2O4S/c1-15-8-10-17(11-9-15)24-29(26,27)18-12-13-21(28-3)20(14-18)23-22(25)19-7-5-4-6-16(19)2/h4-14,24H,1-3H3,(H,23,25). The number of hydrogen-bond donors (Lipinski definition) is 2. The molecule has 0 spiro atoms. The van der Waals surface area contributed by atoms with E-state index < -0.39 is 10.0 Å². The largest absolute Gasteiger partial charge is 0.495 e. The van der Waals surface area contributed by atoms with Gasteiger partial charge >= 0.3 is 0 Å². The third kappa shape index (κ3) is 4.75. The molecule has 3 rings (SSSR count). The molecule has 1 amide bonds. The van der Waals surface area contributed by atoms with Crippen LogP contribution in [0.1, 0.15) is 21.5 Å². The highest BCUT2D eigenvalue weighted by atomic mass is 32.2. The predicted molar refractivity (Wildman–Crippen MR) is 114 cm³/mol. The summed E-state index contributed by atoms with van der Waals surface area (Å²) in [6, 6.07) is 18.5. The van der Waals surface area contributed by atoms with Gasteiger partial charge in [-0.2, -0.15) is 0 Å². The molecule has 0 aliphatic heterocycles. The van der Waals surface area contributed by atoms with E-state index in [2.05, 4.69) is 10.0 Å². The van der Waals surface area contributed by atoms with Crippen molar-refractivity contribution in [3.8, 4) is 5.75 Å². The zero-order chi connectivity index (χ0) is 21.0. The number of methoxy groups -OCH3 is 1. The molecule has 0 aliphatic carbocycles. The van der Waals surface area contributed by atoms with Crippen LogP contribution in [-0.2, 0) is 10.0 Å². The summed E-state index contributed by atoms with van der Waals surface area (Å²) in [6.07, 6.45) is 0. The second-order valence-corrected chi connectivity index (χ2v) is 8.29. The van der Waals surface area contributed by atoms with E-state index in [0.29, 0.717) is 17.0 Å². The first-order valence-corrected chi connectivity index (χ1v) is 10.4. The Kier molecular flexibility index (Phi) is 5.89. The number of aryl methyl sites for hydroxylation is 2. The summed E-state index contributed by atoms with van der Waals surface area (Å²) >= 11 is 0. The molecular weight excluding hydrogens is 388 g/mol. The fourth-order valence-electron chi connectivity index (χ4n) is 2.80. The van der Waals surface area contributed by atoms with Crippen LogP contribution in [0.15, 0.2) is 71.6 Å². The Balaban J connectivity index is 1.91.